The lowest BCUT2D eigenvalue weighted by atomic mass is 10.1. The van der Waals surface area contributed by atoms with E-state index in [2.05, 4.69) is 20.6 Å². The Morgan fingerprint density at radius 3 is 2.38 bits per heavy atom. The van der Waals surface area contributed by atoms with Crippen molar-refractivity contribution in [3.05, 3.63) is 70.4 Å². The molecular formula is C32H40F2N6O6S. The number of fused-ring (bicyclic) bond motifs is 1. The van der Waals surface area contributed by atoms with Crippen molar-refractivity contribution in [2.75, 3.05) is 44.0 Å². The number of hydrogen-bond donors (Lipinski definition) is 2. The van der Waals surface area contributed by atoms with Crippen molar-refractivity contribution < 1.29 is 36.3 Å². The number of ether oxygens (including phenoxy) is 2. The summed E-state index contributed by atoms with van der Waals surface area (Å²) in [5, 5.41) is 10.5. The molecule has 1 fully saturated rings. The van der Waals surface area contributed by atoms with Crippen molar-refractivity contribution >= 4 is 33.5 Å². The molecule has 254 valence electrons. The summed E-state index contributed by atoms with van der Waals surface area (Å²) < 4.78 is 67.5. The Bertz CT molecular complexity index is 1720. The number of hydrogen-bond acceptors (Lipinski definition) is 9. The summed E-state index contributed by atoms with van der Waals surface area (Å²) in [6.07, 6.45) is 1.06. The number of benzene rings is 2. The average Bonchev–Trinajstić information content (AvgIpc) is 3.64. The summed E-state index contributed by atoms with van der Waals surface area (Å²) in [4.78, 5) is 28.7. The minimum atomic E-state index is -4.36. The first-order chi connectivity index (χ1) is 22.3. The first-order valence-corrected chi connectivity index (χ1v) is 17.0. The molecule has 1 amide bonds. The number of nitrogens with one attached hydrogen (secondary N) is 2. The van der Waals surface area contributed by atoms with Crippen LogP contribution in [0.4, 0.5) is 25.1 Å². The summed E-state index contributed by atoms with van der Waals surface area (Å²) >= 11 is 0. The standard InChI is InChI=1S/C32H40F2N6O6S/c1-20(2)46-32(42)40-29-9-12-39(47(43,44)25-15-23(33)14-24(34)16-25)18-27(29)30(37-40)36-31(41)26-8-7-22(17-38-10-5-6-11-38)13-28(26)35-21(3)19-45-4/h7-8,13-16,20-21,35H,5-6,9-12,17-19H2,1-4H3,(H,36,37,41). The molecule has 0 radical (unpaired) electrons. The van der Waals surface area contributed by atoms with Crippen molar-refractivity contribution in [1.29, 1.82) is 0 Å². The smallest absolute Gasteiger partial charge is 0.435 e. The van der Waals surface area contributed by atoms with E-state index >= 15 is 0 Å². The van der Waals surface area contributed by atoms with Crippen molar-refractivity contribution in [1.82, 2.24) is 19.0 Å². The van der Waals surface area contributed by atoms with Gasteiger partial charge in [-0.3, -0.25) is 9.69 Å². The Balaban J connectivity index is 1.48. The third-order valence-corrected chi connectivity index (χ3v) is 9.81. The van der Waals surface area contributed by atoms with E-state index in [9.17, 15) is 26.8 Å². The number of methoxy groups -OCH3 is 1. The highest BCUT2D eigenvalue weighted by Crippen LogP contribution is 2.32. The van der Waals surface area contributed by atoms with Crippen LogP contribution >= 0.6 is 0 Å². The fourth-order valence-electron chi connectivity index (χ4n) is 5.87. The van der Waals surface area contributed by atoms with Crippen molar-refractivity contribution in [2.24, 2.45) is 0 Å². The fraction of sp³-hybridized carbons (Fsp3) is 0.469. The van der Waals surface area contributed by atoms with Gasteiger partial charge in [-0.05, 0) is 76.5 Å². The van der Waals surface area contributed by atoms with E-state index < -0.39 is 44.7 Å². The Labute approximate surface area is 273 Å². The van der Waals surface area contributed by atoms with E-state index in [0.29, 0.717) is 29.6 Å². The second kappa shape index (κ2) is 14.5. The summed E-state index contributed by atoms with van der Waals surface area (Å²) in [5.74, 6) is -2.64. The molecule has 1 atom stereocenters. The SMILES string of the molecule is COCC(C)Nc1cc(CN2CCCC2)ccc1C(=O)Nc1nn(C(=O)OC(C)C)c2c1CN(S(=O)(=O)c1cc(F)cc(F)c1)CC2. The van der Waals surface area contributed by atoms with Crippen molar-refractivity contribution in [3.63, 3.8) is 0 Å². The third kappa shape index (κ3) is 7.97. The lowest BCUT2D eigenvalue weighted by Crippen LogP contribution is -2.37. The average molecular weight is 675 g/mol. The highest BCUT2D eigenvalue weighted by molar-refractivity contribution is 7.89. The van der Waals surface area contributed by atoms with E-state index in [-0.39, 0.29) is 36.9 Å². The zero-order valence-corrected chi connectivity index (χ0v) is 27.7. The number of rotatable bonds is 11. The minimum Gasteiger partial charge on any atom is -0.445 e. The molecule has 15 heteroatoms. The molecule has 3 aromatic rings. The van der Waals surface area contributed by atoms with Gasteiger partial charge >= 0.3 is 6.09 Å². The maximum Gasteiger partial charge on any atom is 0.435 e. The Hall–Kier alpha value is -3.92. The maximum absolute atomic E-state index is 14.0. The predicted molar refractivity (Wildman–Crippen MR) is 171 cm³/mol. The highest BCUT2D eigenvalue weighted by Gasteiger charge is 2.35. The predicted octanol–water partition coefficient (Wildman–Crippen LogP) is 4.60. The van der Waals surface area contributed by atoms with E-state index in [1.165, 1.54) is 0 Å². The van der Waals surface area contributed by atoms with E-state index in [4.69, 9.17) is 9.47 Å². The molecule has 12 nitrogen and oxygen atoms in total. The number of nitrogens with zero attached hydrogens (tertiary/aromatic N) is 4. The van der Waals surface area contributed by atoms with Crippen LogP contribution in [-0.2, 0) is 39.0 Å². The van der Waals surface area contributed by atoms with Gasteiger partial charge in [0.2, 0.25) is 10.0 Å². The van der Waals surface area contributed by atoms with Gasteiger partial charge in [0.1, 0.15) is 11.6 Å². The molecule has 2 aromatic carbocycles. The Morgan fingerprint density at radius 2 is 1.72 bits per heavy atom. The van der Waals surface area contributed by atoms with Gasteiger partial charge in [-0.15, -0.1) is 5.10 Å². The molecule has 2 aliphatic rings. The van der Waals surface area contributed by atoms with Crippen LogP contribution < -0.4 is 10.6 Å². The quantitative estimate of drug-likeness (QED) is 0.299. The number of aromatic nitrogens is 2. The van der Waals surface area contributed by atoms with Crippen LogP contribution in [0.2, 0.25) is 0 Å². The van der Waals surface area contributed by atoms with Gasteiger partial charge in [0.25, 0.3) is 5.91 Å². The summed E-state index contributed by atoms with van der Waals surface area (Å²) in [6.45, 7) is 8.02. The number of halogens is 2. The van der Waals surface area contributed by atoms with E-state index in [1.54, 1.807) is 27.0 Å². The molecule has 1 aromatic heterocycles. The van der Waals surface area contributed by atoms with Crippen molar-refractivity contribution in [3.8, 4) is 0 Å². The minimum absolute atomic E-state index is 0.0228. The topological polar surface area (TPSA) is 135 Å². The van der Waals surface area contributed by atoms with Crippen LogP contribution in [0.5, 0.6) is 0 Å². The molecule has 1 saturated heterocycles. The van der Waals surface area contributed by atoms with E-state index in [1.807, 2.05) is 19.1 Å². The number of carbonyl (C=O) groups excluding carboxylic acids is 2. The number of anilines is 2. The molecule has 2 N–H and O–H groups in total. The lowest BCUT2D eigenvalue weighted by Gasteiger charge is -2.27. The molecule has 5 rings (SSSR count). The van der Waals surface area contributed by atoms with Crippen LogP contribution in [0.1, 0.15) is 60.8 Å². The third-order valence-electron chi connectivity index (χ3n) is 7.99. The van der Waals surface area contributed by atoms with Crippen LogP contribution in [-0.4, -0.2) is 84.9 Å². The molecule has 3 heterocycles. The van der Waals surface area contributed by atoms with Gasteiger partial charge in [0.05, 0.1) is 28.9 Å². The molecule has 0 aliphatic carbocycles. The second-order valence-electron chi connectivity index (χ2n) is 12.1. The first kappa shape index (κ1) is 34.4. The fourth-order valence-corrected chi connectivity index (χ4v) is 7.32. The number of sulfonamides is 1. The molecule has 2 aliphatic heterocycles. The molecular weight excluding hydrogens is 634 g/mol. The largest absolute Gasteiger partial charge is 0.445 e. The van der Waals surface area contributed by atoms with Gasteiger partial charge in [-0.25, -0.2) is 22.0 Å². The molecule has 0 bridgehead atoms. The van der Waals surface area contributed by atoms with Gasteiger partial charge in [-0.1, -0.05) is 6.07 Å². The first-order valence-electron chi connectivity index (χ1n) is 15.6. The normalized spacial score (nSPS) is 16.2. The maximum atomic E-state index is 14.0. The zero-order chi connectivity index (χ0) is 33.9. The summed E-state index contributed by atoms with van der Waals surface area (Å²) in [5.41, 5.74) is 2.54. The van der Waals surface area contributed by atoms with Crippen LogP contribution in [0, 0.1) is 11.6 Å². The van der Waals surface area contributed by atoms with Crippen LogP contribution in [0.15, 0.2) is 41.3 Å². The summed E-state index contributed by atoms with van der Waals surface area (Å²) in [6, 6.07) is 7.48. The lowest BCUT2D eigenvalue weighted by molar-refractivity contribution is 0.102. The van der Waals surface area contributed by atoms with Gasteiger partial charge in [0, 0.05) is 56.5 Å². The van der Waals surface area contributed by atoms with E-state index in [0.717, 1.165) is 59.2 Å². The molecule has 47 heavy (non-hydrogen) atoms. The van der Waals surface area contributed by atoms with Crippen LogP contribution in [0.3, 0.4) is 0 Å². The van der Waals surface area contributed by atoms with Gasteiger partial charge < -0.3 is 20.1 Å². The van der Waals surface area contributed by atoms with Crippen molar-refractivity contribution in [2.45, 2.75) is 70.2 Å². The Morgan fingerprint density at radius 1 is 1.02 bits per heavy atom. The number of carbonyl (C=O) groups is 2. The monoisotopic (exact) mass is 674 g/mol. The number of amides is 1. The summed E-state index contributed by atoms with van der Waals surface area (Å²) in [7, 11) is -2.77. The van der Waals surface area contributed by atoms with Gasteiger partial charge in [0.15, 0.2) is 5.82 Å². The van der Waals surface area contributed by atoms with Crippen LogP contribution in [0.25, 0.3) is 0 Å². The molecule has 0 spiro atoms. The number of likely N-dealkylation sites (tertiary alicyclic amines) is 1. The second-order valence-corrected chi connectivity index (χ2v) is 14.1. The molecule has 1 unspecified atom stereocenters. The molecule has 0 saturated carbocycles. The van der Waals surface area contributed by atoms with Gasteiger partial charge in [-0.2, -0.15) is 8.99 Å². The zero-order valence-electron chi connectivity index (χ0n) is 26.9. The highest BCUT2D eigenvalue weighted by atomic mass is 32.2. The Kier molecular flexibility index (Phi) is 10.6.